The highest BCUT2D eigenvalue weighted by molar-refractivity contribution is 7.99. The molecule has 0 aliphatic heterocycles. The van der Waals surface area contributed by atoms with Crippen molar-refractivity contribution in [2.75, 3.05) is 13.2 Å². The van der Waals surface area contributed by atoms with Gasteiger partial charge in [-0.15, -0.1) is 0 Å². The molecule has 0 spiro atoms. The van der Waals surface area contributed by atoms with Crippen molar-refractivity contribution in [3.8, 4) is 0 Å². The van der Waals surface area contributed by atoms with Gasteiger partial charge in [-0.3, -0.25) is 4.98 Å². The van der Waals surface area contributed by atoms with Crippen molar-refractivity contribution in [2.45, 2.75) is 42.8 Å². The molecule has 5 nitrogen and oxygen atoms in total. The van der Waals surface area contributed by atoms with Gasteiger partial charge in [0.25, 0.3) is 0 Å². The van der Waals surface area contributed by atoms with Gasteiger partial charge < -0.3 is 14.4 Å². The molecule has 0 radical (unpaired) electrons. The maximum Gasteiger partial charge on any atom is 0.136 e. The van der Waals surface area contributed by atoms with Gasteiger partial charge in [0, 0.05) is 28.9 Å². The molecule has 3 rings (SSSR count). The van der Waals surface area contributed by atoms with E-state index in [-0.39, 0.29) is 19.1 Å². The van der Waals surface area contributed by atoms with Crippen LogP contribution >= 0.6 is 23.4 Å². The number of nitrogens with zero attached hydrogens (tertiary/aromatic N) is 3. The molecule has 148 valence electrons. The van der Waals surface area contributed by atoms with Crippen LogP contribution in [0.15, 0.2) is 58.7 Å². The van der Waals surface area contributed by atoms with E-state index in [1.807, 2.05) is 36.4 Å². The first-order chi connectivity index (χ1) is 13.6. The molecular weight excluding hydrogens is 394 g/mol. The summed E-state index contributed by atoms with van der Waals surface area (Å²) in [5, 5.41) is 10.7. The van der Waals surface area contributed by atoms with Gasteiger partial charge in [0.1, 0.15) is 17.5 Å². The summed E-state index contributed by atoms with van der Waals surface area (Å²) in [6, 6.07) is 11.8. The van der Waals surface area contributed by atoms with E-state index in [0.29, 0.717) is 18.2 Å². The normalized spacial score (nSPS) is 11.3. The Morgan fingerprint density at radius 2 is 2.00 bits per heavy atom. The number of benzene rings is 1. The lowest BCUT2D eigenvalue weighted by molar-refractivity contribution is 0.0760. The summed E-state index contributed by atoms with van der Waals surface area (Å²) in [5.74, 6) is 1.13. The Kier molecular flexibility index (Phi) is 7.50. The second-order valence-electron chi connectivity index (χ2n) is 6.65. The summed E-state index contributed by atoms with van der Waals surface area (Å²) in [7, 11) is 0. The van der Waals surface area contributed by atoms with E-state index in [9.17, 15) is 0 Å². The largest absolute Gasteiger partial charge is 0.394 e. The van der Waals surface area contributed by atoms with E-state index < -0.39 is 0 Å². The number of rotatable bonds is 9. The average Bonchev–Trinajstić information content (AvgIpc) is 3.00. The Hall–Kier alpha value is -1.86. The van der Waals surface area contributed by atoms with E-state index in [0.717, 1.165) is 27.0 Å². The van der Waals surface area contributed by atoms with Gasteiger partial charge >= 0.3 is 0 Å². The van der Waals surface area contributed by atoms with Gasteiger partial charge in [0.05, 0.1) is 18.9 Å². The third kappa shape index (κ3) is 5.35. The van der Waals surface area contributed by atoms with Crippen molar-refractivity contribution in [3.63, 3.8) is 0 Å². The quantitative estimate of drug-likeness (QED) is 0.508. The lowest BCUT2D eigenvalue weighted by atomic mass is 10.1. The van der Waals surface area contributed by atoms with Crippen LogP contribution in [-0.4, -0.2) is 32.9 Å². The minimum absolute atomic E-state index is 0.00772. The maximum atomic E-state index is 9.04. The number of imidazole rings is 1. The van der Waals surface area contributed by atoms with Gasteiger partial charge in [-0.1, -0.05) is 43.3 Å². The molecule has 2 aromatic heterocycles. The monoisotopic (exact) mass is 417 g/mol. The van der Waals surface area contributed by atoms with Gasteiger partial charge in [0.15, 0.2) is 0 Å². The highest BCUT2D eigenvalue weighted by atomic mass is 35.5. The molecule has 0 saturated heterocycles. The van der Waals surface area contributed by atoms with Crippen LogP contribution in [0.3, 0.4) is 0 Å². The molecular formula is C21H24ClN3O2S. The van der Waals surface area contributed by atoms with Crippen molar-refractivity contribution in [1.29, 1.82) is 0 Å². The Balaban J connectivity index is 1.99. The first-order valence-electron chi connectivity index (χ1n) is 9.18. The van der Waals surface area contributed by atoms with Crippen molar-refractivity contribution in [1.82, 2.24) is 14.5 Å². The van der Waals surface area contributed by atoms with Crippen LogP contribution in [0.4, 0.5) is 0 Å². The summed E-state index contributed by atoms with van der Waals surface area (Å²) in [6.45, 7) is 5.65. The molecule has 7 heteroatoms. The molecule has 0 saturated carbocycles. The molecule has 0 aliphatic rings. The van der Waals surface area contributed by atoms with Crippen LogP contribution in [0.2, 0.25) is 5.02 Å². The predicted molar refractivity (Wildman–Crippen MR) is 112 cm³/mol. The van der Waals surface area contributed by atoms with Gasteiger partial charge in [-0.25, -0.2) is 4.98 Å². The molecule has 0 atom stereocenters. The predicted octanol–water partition coefficient (Wildman–Crippen LogP) is 4.76. The summed E-state index contributed by atoms with van der Waals surface area (Å²) < 4.78 is 7.80. The third-order valence-corrected chi connectivity index (χ3v) is 5.38. The number of aromatic nitrogens is 3. The fraction of sp³-hybridized carbons (Fsp3) is 0.333. The minimum atomic E-state index is -0.00772. The number of hydrogen-bond donors (Lipinski definition) is 1. The molecule has 2 heterocycles. The lowest BCUT2D eigenvalue weighted by Crippen LogP contribution is -2.12. The standard InChI is InChI=1S/C21H24ClN3O2S/c1-15(2)20-21(28-18-5-3-4-17(22)12-18)24-19(14-27-11-10-26)25(20)13-16-6-8-23-9-7-16/h3-9,12,15,26H,10-11,13-14H2,1-2H3. The molecule has 0 bridgehead atoms. The van der Waals surface area contributed by atoms with Crippen LogP contribution < -0.4 is 0 Å². The maximum absolute atomic E-state index is 9.04. The summed E-state index contributed by atoms with van der Waals surface area (Å²) >= 11 is 7.76. The molecule has 0 aliphatic carbocycles. The molecule has 0 fully saturated rings. The first-order valence-corrected chi connectivity index (χ1v) is 10.4. The first kappa shape index (κ1) is 20.9. The lowest BCUT2D eigenvalue weighted by Gasteiger charge is -2.15. The summed E-state index contributed by atoms with van der Waals surface area (Å²) in [4.78, 5) is 10.0. The number of halogens is 1. The molecule has 0 unspecified atom stereocenters. The minimum Gasteiger partial charge on any atom is -0.394 e. The van der Waals surface area contributed by atoms with Crippen LogP contribution in [0.1, 0.15) is 36.8 Å². The smallest absolute Gasteiger partial charge is 0.136 e. The number of aliphatic hydroxyl groups is 1. The molecule has 0 amide bonds. The van der Waals surface area contributed by atoms with Crippen molar-refractivity contribution in [3.05, 3.63) is 70.9 Å². The molecule has 1 N–H and O–H groups in total. The van der Waals surface area contributed by atoms with Crippen molar-refractivity contribution >= 4 is 23.4 Å². The molecule has 1 aromatic carbocycles. The Morgan fingerprint density at radius 3 is 2.68 bits per heavy atom. The van der Waals surface area contributed by atoms with E-state index in [1.165, 1.54) is 0 Å². The Bertz CT molecular complexity index is 900. The topological polar surface area (TPSA) is 60.2 Å². The highest BCUT2D eigenvalue weighted by Crippen LogP contribution is 2.35. The summed E-state index contributed by atoms with van der Waals surface area (Å²) in [5.41, 5.74) is 2.31. The zero-order valence-corrected chi connectivity index (χ0v) is 17.6. The fourth-order valence-electron chi connectivity index (χ4n) is 2.95. The van der Waals surface area contributed by atoms with Gasteiger partial charge in [0.2, 0.25) is 0 Å². The average molecular weight is 418 g/mol. The van der Waals surface area contributed by atoms with E-state index >= 15 is 0 Å². The summed E-state index contributed by atoms with van der Waals surface area (Å²) in [6.07, 6.45) is 3.59. The van der Waals surface area contributed by atoms with E-state index in [4.69, 9.17) is 26.4 Å². The Morgan fingerprint density at radius 1 is 1.21 bits per heavy atom. The van der Waals surface area contributed by atoms with Gasteiger partial charge in [-0.05, 0) is 41.8 Å². The van der Waals surface area contributed by atoms with Crippen LogP contribution in [0.5, 0.6) is 0 Å². The number of hydrogen-bond acceptors (Lipinski definition) is 5. The van der Waals surface area contributed by atoms with Crippen molar-refractivity contribution in [2.24, 2.45) is 0 Å². The van der Waals surface area contributed by atoms with Crippen LogP contribution in [-0.2, 0) is 17.9 Å². The SMILES string of the molecule is CC(C)c1c(Sc2cccc(Cl)c2)nc(COCCO)n1Cc1ccncc1. The second-order valence-corrected chi connectivity index (χ2v) is 8.15. The number of pyridine rings is 1. The molecule has 28 heavy (non-hydrogen) atoms. The fourth-order valence-corrected chi connectivity index (χ4v) is 4.36. The highest BCUT2D eigenvalue weighted by Gasteiger charge is 2.21. The van der Waals surface area contributed by atoms with Crippen molar-refractivity contribution < 1.29 is 9.84 Å². The van der Waals surface area contributed by atoms with Crippen LogP contribution in [0, 0.1) is 0 Å². The number of aliphatic hydroxyl groups excluding tert-OH is 1. The number of ether oxygens (including phenoxy) is 1. The zero-order valence-electron chi connectivity index (χ0n) is 16.0. The van der Waals surface area contributed by atoms with Crippen LogP contribution in [0.25, 0.3) is 0 Å². The molecule has 3 aromatic rings. The van der Waals surface area contributed by atoms with E-state index in [1.54, 1.807) is 24.2 Å². The van der Waals surface area contributed by atoms with E-state index in [2.05, 4.69) is 23.4 Å². The zero-order chi connectivity index (χ0) is 19.9. The third-order valence-electron chi connectivity index (χ3n) is 4.17. The Labute approximate surface area is 174 Å². The van der Waals surface area contributed by atoms with Gasteiger partial charge in [-0.2, -0.15) is 0 Å². The second kappa shape index (κ2) is 10.1.